The van der Waals surface area contributed by atoms with Crippen molar-refractivity contribution in [2.75, 3.05) is 44.6 Å². The second-order valence-corrected chi connectivity index (χ2v) is 7.45. The molecule has 3 rings (SSSR count). The molecule has 31 heavy (non-hydrogen) atoms. The van der Waals surface area contributed by atoms with Crippen LogP contribution < -0.4 is 15.8 Å². The van der Waals surface area contributed by atoms with E-state index in [1.165, 1.54) is 30.3 Å². The zero-order chi connectivity index (χ0) is 22.4. The Morgan fingerprint density at radius 2 is 1.84 bits per heavy atom. The Morgan fingerprint density at radius 3 is 2.52 bits per heavy atom. The summed E-state index contributed by atoms with van der Waals surface area (Å²) in [7, 11) is 0. The first-order valence-corrected chi connectivity index (χ1v) is 9.97. The summed E-state index contributed by atoms with van der Waals surface area (Å²) in [5.74, 6) is -1.42. The molecule has 0 aliphatic carbocycles. The number of carbonyl (C=O) groups excluding carboxylic acids is 3. The van der Waals surface area contributed by atoms with E-state index in [0.29, 0.717) is 36.9 Å². The van der Waals surface area contributed by atoms with E-state index in [9.17, 15) is 18.8 Å². The number of primary amides is 1. The second-order valence-electron chi connectivity index (χ2n) is 7.01. The molecule has 164 valence electrons. The van der Waals surface area contributed by atoms with Crippen LogP contribution in [0.25, 0.3) is 0 Å². The molecule has 0 radical (unpaired) electrons. The van der Waals surface area contributed by atoms with Gasteiger partial charge in [-0.25, -0.2) is 4.39 Å². The average molecular weight is 449 g/mol. The molecule has 3 N–H and O–H groups in total. The topological polar surface area (TPSA) is 105 Å². The van der Waals surface area contributed by atoms with Crippen LogP contribution in [0.5, 0.6) is 5.75 Å². The quantitative estimate of drug-likeness (QED) is 0.671. The van der Waals surface area contributed by atoms with E-state index in [2.05, 4.69) is 5.32 Å². The van der Waals surface area contributed by atoms with Gasteiger partial charge in [-0.2, -0.15) is 0 Å². The van der Waals surface area contributed by atoms with Gasteiger partial charge in [-0.05, 0) is 36.4 Å². The van der Waals surface area contributed by atoms with E-state index >= 15 is 0 Å². The van der Waals surface area contributed by atoms with E-state index in [-0.39, 0.29) is 36.3 Å². The molecule has 2 aromatic rings. The molecule has 0 bridgehead atoms. The van der Waals surface area contributed by atoms with E-state index in [4.69, 9.17) is 22.1 Å². The Balaban J connectivity index is 1.44. The van der Waals surface area contributed by atoms with Crippen LogP contribution in [0.3, 0.4) is 0 Å². The number of rotatable bonds is 7. The van der Waals surface area contributed by atoms with Crippen LogP contribution >= 0.6 is 11.6 Å². The van der Waals surface area contributed by atoms with Crippen LogP contribution in [-0.2, 0) is 9.59 Å². The van der Waals surface area contributed by atoms with Gasteiger partial charge in [0.1, 0.15) is 11.6 Å². The maximum absolute atomic E-state index is 13.2. The minimum absolute atomic E-state index is 0.106. The Morgan fingerprint density at radius 1 is 1.10 bits per heavy atom. The van der Waals surface area contributed by atoms with Gasteiger partial charge in [0.25, 0.3) is 11.8 Å². The van der Waals surface area contributed by atoms with Gasteiger partial charge < -0.3 is 20.7 Å². The number of hydrogen-bond acceptors (Lipinski definition) is 5. The van der Waals surface area contributed by atoms with Crippen LogP contribution in [0.4, 0.5) is 10.1 Å². The highest BCUT2D eigenvalue weighted by atomic mass is 35.5. The fourth-order valence-corrected chi connectivity index (χ4v) is 3.35. The average Bonchev–Trinajstić information content (AvgIpc) is 2.73. The minimum Gasteiger partial charge on any atom is -0.483 e. The lowest BCUT2D eigenvalue weighted by molar-refractivity contribution is -0.135. The first kappa shape index (κ1) is 22.5. The highest BCUT2D eigenvalue weighted by Gasteiger charge is 2.23. The van der Waals surface area contributed by atoms with Gasteiger partial charge in [0.15, 0.2) is 6.61 Å². The summed E-state index contributed by atoms with van der Waals surface area (Å²) in [6.07, 6.45) is 0. The summed E-state index contributed by atoms with van der Waals surface area (Å²) in [5.41, 5.74) is 5.82. The zero-order valence-electron chi connectivity index (χ0n) is 16.6. The first-order chi connectivity index (χ1) is 14.8. The summed E-state index contributed by atoms with van der Waals surface area (Å²) in [6, 6.07) is 10.1. The predicted octanol–water partition coefficient (Wildman–Crippen LogP) is 1.74. The second kappa shape index (κ2) is 10.2. The molecule has 1 aliphatic heterocycles. The van der Waals surface area contributed by atoms with E-state index in [1.54, 1.807) is 17.0 Å². The lowest BCUT2D eigenvalue weighted by Gasteiger charge is -2.34. The van der Waals surface area contributed by atoms with Crippen molar-refractivity contribution in [3.05, 3.63) is 58.9 Å². The summed E-state index contributed by atoms with van der Waals surface area (Å²) in [5, 5.41) is 2.99. The molecular weight excluding hydrogens is 427 g/mol. The van der Waals surface area contributed by atoms with Crippen molar-refractivity contribution in [2.24, 2.45) is 5.73 Å². The van der Waals surface area contributed by atoms with Crippen LogP contribution in [0.15, 0.2) is 42.5 Å². The normalized spacial score (nSPS) is 14.2. The van der Waals surface area contributed by atoms with Crippen molar-refractivity contribution < 1.29 is 23.5 Å². The van der Waals surface area contributed by atoms with Gasteiger partial charge in [-0.15, -0.1) is 0 Å². The number of nitrogens with zero attached hydrogens (tertiary/aromatic N) is 2. The van der Waals surface area contributed by atoms with Crippen LogP contribution in [0.2, 0.25) is 5.02 Å². The van der Waals surface area contributed by atoms with Crippen LogP contribution in [0, 0.1) is 5.82 Å². The maximum Gasteiger partial charge on any atom is 0.260 e. The maximum atomic E-state index is 13.2. The third kappa shape index (κ3) is 6.40. The molecule has 1 heterocycles. The van der Waals surface area contributed by atoms with Gasteiger partial charge in [-0.1, -0.05) is 17.7 Å². The molecule has 0 saturated carbocycles. The molecule has 1 saturated heterocycles. The molecule has 1 aliphatic rings. The molecular formula is C21H22ClFN4O4. The summed E-state index contributed by atoms with van der Waals surface area (Å²) in [6.45, 7) is 1.77. The van der Waals surface area contributed by atoms with Crippen molar-refractivity contribution in [3.63, 3.8) is 0 Å². The van der Waals surface area contributed by atoms with Crippen LogP contribution in [0.1, 0.15) is 10.4 Å². The Hall–Kier alpha value is -3.17. The third-order valence-electron chi connectivity index (χ3n) is 4.76. The number of anilines is 1. The van der Waals surface area contributed by atoms with Gasteiger partial charge in [-0.3, -0.25) is 19.3 Å². The Labute approximate surface area is 183 Å². The van der Waals surface area contributed by atoms with E-state index in [0.717, 1.165) is 0 Å². The summed E-state index contributed by atoms with van der Waals surface area (Å²) >= 11 is 5.86. The number of benzene rings is 2. The molecule has 8 nitrogen and oxygen atoms in total. The largest absolute Gasteiger partial charge is 0.483 e. The summed E-state index contributed by atoms with van der Waals surface area (Å²) < 4.78 is 18.7. The Kier molecular flexibility index (Phi) is 7.43. The van der Waals surface area contributed by atoms with E-state index < -0.39 is 11.7 Å². The van der Waals surface area contributed by atoms with Crippen molar-refractivity contribution in [2.45, 2.75) is 0 Å². The molecule has 10 heteroatoms. The number of ether oxygens (including phenoxy) is 1. The highest BCUT2D eigenvalue weighted by Crippen LogP contribution is 2.22. The smallest absolute Gasteiger partial charge is 0.260 e. The monoisotopic (exact) mass is 448 g/mol. The minimum atomic E-state index is -0.699. The third-order valence-corrected chi connectivity index (χ3v) is 4.99. The van der Waals surface area contributed by atoms with E-state index in [1.807, 2.05) is 4.90 Å². The number of halogens is 2. The van der Waals surface area contributed by atoms with Crippen molar-refractivity contribution >= 4 is 35.0 Å². The molecule has 2 aromatic carbocycles. The zero-order valence-corrected chi connectivity index (χ0v) is 17.4. The van der Waals surface area contributed by atoms with Crippen LogP contribution in [-0.4, -0.2) is 66.9 Å². The lowest BCUT2D eigenvalue weighted by atomic mass is 10.2. The molecule has 3 amide bonds. The number of piperazine rings is 1. The van der Waals surface area contributed by atoms with Crippen molar-refractivity contribution in [3.8, 4) is 5.75 Å². The summed E-state index contributed by atoms with van der Waals surface area (Å²) in [4.78, 5) is 39.6. The predicted molar refractivity (Wildman–Crippen MR) is 114 cm³/mol. The highest BCUT2D eigenvalue weighted by molar-refractivity contribution is 6.31. The lowest BCUT2D eigenvalue weighted by Crippen LogP contribution is -2.51. The molecule has 0 spiro atoms. The SMILES string of the molecule is NC(=O)c1cc(Cl)ccc1OCC(=O)N1CCN(CC(=O)Nc2cccc(F)c2)CC1. The van der Waals surface area contributed by atoms with Gasteiger partial charge in [0, 0.05) is 36.9 Å². The van der Waals surface area contributed by atoms with Crippen molar-refractivity contribution in [1.82, 2.24) is 9.80 Å². The standard InChI is InChI=1S/C21H22ClFN4O4/c22-14-4-5-18(17(10-14)21(24)30)31-13-20(29)27-8-6-26(7-9-27)12-19(28)25-16-3-1-2-15(23)11-16/h1-5,10-11H,6-9,12-13H2,(H2,24,30)(H,25,28). The molecule has 0 unspecified atom stereocenters. The number of amides is 3. The fourth-order valence-electron chi connectivity index (χ4n) is 3.18. The molecule has 0 aromatic heterocycles. The number of nitrogens with one attached hydrogen (secondary N) is 1. The fraction of sp³-hybridized carbons (Fsp3) is 0.286. The molecule has 1 fully saturated rings. The van der Waals surface area contributed by atoms with Crippen molar-refractivity contribution in [1.29, 1.82) is 0 Å². The van der Waals surface area contributed by atoms with Gasteiger partial charge in [0.05, 0.1) is 12.1 Å². The number of nitrogens with two attached hydrogens (primary N) is 1. The van der Waals surface area contributed by atoms with Gasteiger partial charge >= 0.3 is 0 Å². The van der Waals surface area contributed by atoms with Gasteiger partial charge in [0.2, 0.25) is 5.91 Å². The molecule has 0 atom stereocenters. The number of carbonyl (C=O) groups is 3. The first-order valence-electron chi connectivity index (χ1n) is 9.59. The number of hydrogen-bond donors (Lipinski definition) is 2. The Bertz CT molecular complexity index is 980.